The summed E-state index contributed by atoms with van der Waals surface area (Å²) < 4.78 is 14.7. The largest absolute Gasteiger partial charge is 0.492 e. The first kappa shape index (κ1) is 23.8. The van der Waals surface area contributed by atoms with E-state index in [2.05, 4.69) is 30.4 Å². The summed E-state index contributed by atoms with van der Waals surface area (Å²) in [4.78, 5) is 16.4. The van der Waals surface area contributed by atoms with Crippen LogP contribution in [0.2, 0.25) is 5.02 Å². The molecular weight excluding hydrogens is 482 g/mol. The molecule has 3 heterocycles. The fraction of sp³-hybridized carbons (Fsp3) is 0.346. The van der Waals surface area contributed by atoms with E-state index >= 15 is 0 Å². The molecule has 2 aromatic heterocycles. The zero-order valence-electron chi connectivity index (χ0n) is 19.8. The molecule has 0 aliphatic carbocycles. The molecule has 7 nitrogen and oxygen atoms in total. The van der Waals surface area contributed by atoms with Crippen LogP contribution in [0.15, 0.2) is 41.3 Å². The van der Waals surface area contributed by atoms with Crippen molar-refractivity contribution in [3.63, 3.8) is 0 Å². The van der Waals surface area contributed by atoms with Crippen molar-refractivity contribution in [2.45, 2.75) is 45.6 Å². The summed E-state index contributed by atoms with van der Waals surface area (Å²) in [6.45, 7) is 5.62. The van der Waals surface area contributed by atoms with Gasteiger partial charge in [0.25, 0.3) is 5.56 Å². The van der Waals surface area contributed by atoms with E-state index in [1.807, 2.05) is 32.0 Å². The lowest BCUT2D eigenvalue weighted by Gasteiger charge is -2.24. The lowest BCUT2D eigenvalue weighted by atomic mass is 9.99. The Balaban J connectivity index is 1.61. The number of nitrogens with zero attached hydrogens (tertiary/aromatic N) is 2. The number of hydrogen-bond acceptors (Lipinski definition) is 7. The normalized spacial score (nSPS) is 15.9. The number of benzene rings is 2. The third-order valence-corrected chi connectivity index (χ3v) is 7.10. The molecule has 3 N–H and O–H groups in total. The molecule has 2 aromatic carbocycles. The van der Waals surface area contributed by atoms with Gasteiger partial charge in [0, 0.05) is 11.4 Å². The van der Waals surface area contributed by atoms with Gasteiger partial charge in [-0.1, -0.05) is 47.3 Å². The van der Waals surface area contributed by atoms with Gasteiger partial charge < -0.3 is 20.4 Å². The molecule has 1 aliphatic rings. The number of aryl methyl sites for hydroxylation is 2. The van der Waals surface area contributed by atoms with E-state index < -0.39 is 0 Å². The van der Waals surface area contributed by atoms with Gasteiger partial charge in [0.1, 0.15) is 5.75 Å². The molecule has 0 spiro atoms. The van der Waals surface area contributed by atoms with Gasteiger partial charge >= 0.3 is 0 Å². The van der Waals surface area contributed by atoms with Crippen LogP contribution in [-0.4, -0.2) is 32.9 Å². The molecule has 182 valence electrons. The van der Waals surface area contributed by atoms with Crippen LogP contribution >= 0.6 is 23.3 Å². The molecular formula is C26H28ClN5O2S. The first-order valence-corrected chi connectivity index (χ1v) is 13.0. The number of ether oxygens (including phenoxy) is 1. The number of nitrogens with one attached hydrogen (secondary N) is 3. The molecule has 1 atom stereocenters. The van der Waals surface area contributed by atoms with E-state index in [0.717, 1.165) is 53.2 Å². The summed E-state index contributed by atoms with van der Waals surface area (Å²) in [5.41, 5.74) is 4.64. The zero-order chi connectivity index (χ0) is 24.4. The highest BCUT2D eigenvalue weighted by Gasteiger charge is 2.20. The van der Waals surface area contributed by atoms with E-state index in [-0.39, 0.29) is 5.56 Å². The van der Waals surface area contributed by atoms with Gasteiger partial charge in [0.15, 0.2) is 5.82 Å². The van der Waals surface area contributed by atoms with Gasteiger partial charge in [-0.2, -0.15) is 8.75 Å². The number of fused-ring (bicyclic) bond motifs is 1. The van der Waals surface area contributed by atoms with Crippen molar-refractivity contribution in [3.05, 3.63) is 63.0 Å². The maximum Gasteiger partial charge on any atom is 0.260 e. The van der Waals surface area contributed by atoms with Crippen molar-refractivity contribution in [1.29, 1.82) is 0 Å². The molecule has 0 saturated carbocycles. The number of pyridine rings is 1. The highest BCUT2D eigenvalue weighted by molar-refractivity contribution is 6.99. The predicted molar refractivity (Wildman–Crippen MR) is 143 cm³/mol. The quantitative estimate of drug-likeness (QED) is 0.284. The predicted octanol–water partition coefficient (Wildman–Crippen LogP) is 5.97. The second-order valence-electron chi connectivity index (χ2n) is 9.11. The minimum atomic E-state index is -0.200. The van der Waals surface area contributed by atoms with Gasteiger partial charge in [-0.3, -0.25) is 4.79 Å². The molecule has 0 radical (unpaired) electrons. The number of rotatable bonds is 7. The highest BCUT2D eigenvalue weighted by atomic mass is 35.5. The van der Waals surface area contributed by atoms with Crippen LogP contribution in [-0.2, 0) is 0 Å². The second-order valence-corrected chi connectivity index (χ2v) is 10.1. The Labute approximate surface area is 213 Å². The van der Waals surface area contributed by atoms with Crippen molar-refractivity contribution in [1.82, 2.24) is 19.0 Å². The summed E-state index contributed by atoms with van der Waals surface area (Å²) in [5.74, 6) is 1.18. The topological polar surface area (TPSA) is 91.9 Å². The first-order chi connectivity index (χ1) is 17.0. The Hall–Kier alpha value is -2.94. The fourth-order valence-corrected chi connectivity index (χ4v) is 5.33. The maximum absolute atomic E-state index is 13.4. The minimum absolute atomic E-state index is 0.200. The van der Waals surface area contributed by atoms with Gasteiger partial charge in [-0.15, -0.1) is 0 Å². The molecule has 0 unspecified atom stereocenters. The molecule has 1 aliphatic heterocycles. The van der Waals surface area contributed by atoms with E-state index in [0.29, 0.717) is 46.0 Å². The van der Waals surface area contributed by atoms with Gasteiger partial charge in [0.05, 0.1) is 46.3 Å². The van der Waals surface area contributed by atoms with E-state index in [1.54, 1.807) is 12.3 Å². The third kappa shape index (κ3) is 5.34. The average molecular weight is 510 g/mol. The summed E-state index contributed by atoms with van der Waals surface area (Å²) in [6.07, 6.45) is 6.13. The number of H-pyrrole nitrogens is 1. The molecule has 4 aromatic rings. The molecule has 1 saturated heterocycles. The first-order valence-electron chi connectivity index (χ1n) is 11.9. The monoisotopic (exact) mass is 509 g/mol. The van der Waals surface area contributed by atoms with Gasteiger partial charge in [-0.05, 0) is 57.4 Å². The Morgan fingerprint density at radius 1 is 1.17 bits per heavy atom. The summed E-state index contributed by atoms with van der Waals surface area (Å²) >= 11 is 7.67. The number of anilines is 2. The third-order valence-electron chi connectivity index (χ3n) is 6.31. The van der Waals surface area contributed by atoms with E-state index in [9.17, 15) is 4.79 Å². The molecule has 5 rings (SSSR count). The standard InChI is InChI=1S/C26H28ClN5O2S/c1-15-9-16(2)11-17(10-15)24-25(34-8-6-18-5-3-4-7-28-18)19-12-22(30-23-14-29-35-32-23)20(27)13-21(19)31-26(24)33/h9-14,18,28H,3-8H2,1-2H3,(H,30,32)(H,31,33)/t18-/m0/s1. The molecule has 9 heteroatoms. The zero-order valence-corrected chi connectivity index (χ0v) is 21.4. The van der Waals surface area contributed by atoms with Crippen molar-refractivity contribution < 1.29 is 4.74 Å². The van der Waals surface area contributed by atoms with Crippen molar-refractivity contribution >= 4 is 45.7 Å². The van der Waals surface area contributed by atoms with Crippen LogP contribution in [0.3, 0.4) is 0 Å². The number of halogens is 1. The lowest BCUT2D eigenvalue weighted by molar-refractivity contribution is 0.271. The van der Waals surface area contributed by atoms with Crippen LogP contribution in [0.1, 0.15) is 36.8 Å². The average Bonchev–Trinajstić information content (AvgIpc) is 3.33. The number of hydrogen-bond donors (Lipinski definition) is 3. The summed E-state index contributed by atoms with van der Waals surface area (Å²) in [7, 11) is 0. The van der Waals surface area contributed by atoms with E-state index in [4.69, 9.17) is 16.3 Å². The van der Waals surface area contributed by atoms with E-state index in [1.165, 1.54) is 12.8 Å². The molecule has 0 bridgehead atoms. The van der Waals surface area contributed by atoms with Crippen molar-refractivity contribution in [2.75, 3.05) is 18.5 Å². The Kier molecular flexibility index (Phi) is 7.04. The van der Waals surface area contributed by atoms with Crippen LogP contribution < -0.4 is 20.9 Å². The summed E-state index contributed by atoms with van der Waals surface area (Å²) in [5, 5.41) is 8.04. The smallest absolute Gasteiger partial charge is 0.260 e. The number of aromatic nitrogens is 3. The Morgan fingerprint density at radius 2 is 2.00 bits per heavy atom. The lowest BCUT2D eigenvalue weighted by Crippen LogP contribution is -2.35. The number of aromatic amines is 1. The SMILES string of the molecule is Cc1cc(C)cc(-c2c(OCC[C@@H]3CCCCN3)c3cc(Nc4cnsn4)c(Cl)cc3[nH]c2=O)c1. The van der Waals surface area contributed by atoms with Gasteiger partial charge in [-0.25, -0.2) is 0 Å². The molecule has 0 amide bonds. The van der Waals surface area contributed by atoms with Crippen LogP contribution in [0.5, 0.6) is 5.75 Å². The van der Waals surface area contributed by atoms with Crippen LogP contribution in [0.4, 0.5) is 11.5 Å². The minimum Gasteiger partial charge on any atom is -0.492 e. The van der Waals surface area contributed by atoms with Crippen molar-refractivity contribution in [3.8, 4) is 16.9 Å². The van der Waals surface area contributed by atoms with Crippen molar-refractivity contribution in [2.24, 2.45) is 0 Å². The molecule has 35 heavy (non-hydrogen) atoms. The molecule has 1 fully saturated rings. The Bertz CT molecular complexity index is 1380. The highest BCUT2D eigenvalue weighted by Crippen LogP contribution is 2.38. The Morgan fingerprint density at radius 3 is 2.71 bits per heavy atom. The maximum atomic E-state index is 13.4. The fourth-order valence-electron chi connectivity index (χ4n) is 4.75. The van der Waals surface area contributed by atoms with Crippen LogP contribution in [0.25, 0.3) is 22.0 Å². The van der Waals surface area contributed by atoms with Crippen LogP contribution in [0, 0.1) is 13.8 Å². The van der Waals surface area contributed by atoms with Gasteiger partial charge in [0.2, 0.25) is 0 Å². The number of piperidine rings is 1. The second kappa shape index (κ2) is 10.4. The summed E-state index contributed by atoms with van der Waals surface area (Å²) in [6, 6.07) is 10.2.